The summed E-state index contributed by atoms with van der Waals surface area (Å²) in [4.78, 5) is 18.2. The number of likely N-dealkylation sites (tertiary alicyclic amines) is 1. The Bertz CT molecular complexity index is 1300. The summed E-state index contributed by atoms with van der Waals surface area (Å²) in [6, 6.07) is 8.14. The van der Waals surface area contributed by atoms with Crippen molar-refractivity contribution in [2.45, 2.75) is 25.4 Å². The molecule has 0 amide bonds. The Hall–Kier alpha value is -3.43. The van der Waals surface area contributed by atoms with Crippen LogP contribution in [0, 0.1) is 22.9 Å². The second kappa shape index (κ2) is 10.7. The van der Waals surface area contributed by atoms with Crippen molar-refractivity contribution in [3.8, 4) is 5.75 Å². The van der Waals surface area contributed by atoms with Gasteiger partial charge in [-0.3, -0.25) is 14.7 Å². The molecule has 2 heterocycles. The van der Waals surface area contributed by atoms with Gasteiger partial charge in [0.15, 0.2) is 0 Å². The van der Waals surface area contributed by atoms with Gasteiger partial charge in [-0.25, -0.2) is 13.2 Å². The normalized spacial score (nSPS) is 19.2. The standard InChI is InChI=1S/C27H27F3N2O4/c1-36-19-5-7-23-20(14-19)25(22(30)15-31-23)24(33)8-9-27(26(34)35)10-12-32(16-27)11-2-3-17-13-18(28)4-6-21(17)29/h2-7,13-15,24,33H,8-12,16H2,1H3,(H,34,35)/b3-2+. The number of carbonyl (C=O) groups is 1. The van der Waals surface area contributed by atoms with Crippen LogP contribution in [0.1, 0.15) is 36.5 Å². The second-order valence-electron chi connectivity index (χ2n) is 9.10. The van der Waals surface area contributed by atoms with E-state index in [0.717, 1.165) is 24.4 Å². The number of methoxy groups -OCH3 is 1. The van der Waals surface area contributed by atoms with Crippen molar-refractivity contribution in [2.24, 2.45) is 5.41 Å². The van der Waals surface area contributed by atoms with Gasteiger partial charge in [-0.05, 0) is 62.2 Å². The number of carboxylic acid groups (broad SMARTS) is 1. The Morgan fingerprint density at radius 2 is 2.03 bits per heavy atom. The molecule has 1 saturated heterocycles. The number of ether oxygens (including phenoxy) is 1. The zero-order chi connectivity index (χ0) is 25.9. The largest absolute Gasteiger partial charge is 0.497 e. The summed E-state index contributed by atoms with van der Waals surface area (Å²) in [7, 11) is 1.48. The first-order chi connectivity index (χ1) is 17.2. The monoisotopic (exact) mass is 500 g/mol. The van der Waals surface area contributed by atoms with E-state index in [9.17, 15) is 28.2 Å². The lowest BCUT2D eigenvalue weighted by Crippen LogP contribution is -2.35. The Morgan fingerprint density at radius 3 is 2.78 bits per heavy atom. The summed E-state index contributed by atoms with van der Waals surface area (Å²) in [5.41, 5.74) is -0.442. The molecule has 4 rings (SSSR count). The number of halogens is 3. The maximum absolute atomic E-state index is 14.7. The first kappa shape index (κ1) is 25.7. The molecule has 190 valence electrons. The predicted octanol–water partition coefficient (Wildman–Crippen LogP) is 4.96. The van der Waals surface area contributed by atoms with Crippen molar-refractivity contribution in [1.82, 2.24) is 9.88 Å². The van der Waals surface area contributed by atoms with Crippen LogP contribution in [0.25, 0.3) is 17.0 Å². The van der Waals surface area contributed by atoms with Crippen LogP contribution >= 0.6 is 0 Å². The van der Waals surface area contributed by atoms with Crippen LogP contribution < -0.4 is 4.74 Å². The van der Waals surface area contributed by atoms with E-state index < -0.39 is 34.9 Å². The topological polar surface area (TPSA) is 82.9 Å². The third kappa shape index (κ3) is 5.37. The van der Waals surface area contributed by atoms with E-state index in [0.29, 0.717) is 36.2 Å². The molecule has 2 unspecified atom stereocenters. The third-order valence-electron chi connectivity index (χ3n) is 6.80. The van der Waals surface area contributed by atoms with E-state index in [2.05, 4.69) is 4.98 Å². The number of aliphatic carboxylic acids is 1. The number of benzene rings is 2. The van der Waals surface area contributed by atoms with E-state index in [1.807, 2.05) is 4.90 Å². The van der Waals surface area contributed by atoms with Crippen LogP contribution in [0.3, 0.4) is 0 Å². The predicted molar refractivity (Wildman–Crippen MR) is 129 cm³/mol. The summed E-state index contributed by atoms with van der Waals surface area (Å²) in [5.74, 6) is -2.26. The molecule has 2 atom stereocenters. The Kier molecular flexibility index (Phi) is 7.61. The number of aliphatic hydroxyl groups is 1. The van der Waals surface area contributed by atoms with Gasteiger partial charge in [-0.2, -0.15) is 0 Å². The van der Waals surface area contributed by atoms with Crippen LogP contribution in [0.2, 0.25) is 0 Å². The van der Waals surface area contributed by atoms with Crippen LogP contribution in [0.5, 0.6) is 5.75 Å². The number of hydrogen-bond donors (Lipinski definition) is 2. The van der Waals surface area contributed by atoms with E-state index >= 15 is 0 Å². The Morgan fingerprint density at radius 1 is 1.22 bits per heavy atom. The van der Waals surface area contributed by atoms with Gasteiger partial charge in [-0.1, -0.05) is 12.2 Å². The van der Waals surface area contributed by atoms with Gasteiger partial charge < -0.3 is 14.9 Å². The number of pyridine rings is 1. The SMILES string of the molecule is COc1ccc2ncc(F)c(C(O)CCC3(C(=O)O)CCN(C/C=C/c4cc(F)ccc4F)C3)c2c1. The molecule has 2 N–H and O–H groups in total. The first-order valence-corrected chi connectivity index (χ1v) is 11.6. The molecule has 6 nitrogen and oxygen atoms in total. The number of rotatable bonds is 9. The molecule has 9 heteroatoms. The summed E-state index contributed by atoms with van der Waals surface area (Å²) >= 11 is 0. The molecule has 0 spiro atoms. The lowest BCUT2D eigenvalue weighted by molar-refractivity contribution is -0.149. The Balaban J connectivity index is 1.45. The van der Waals surface area contributed by atoms with E-state index in [1.54, 1.807) is 24.3 Å². The fraction of sp³-hybridized carbons (Fsp3) is 0.333. The Labute approximate surface area is 206 Å². The quantitative estimate of drug-likeness (QED) is 0.432. The minimum Gasteiger partial charge on any atom is -0.497 e. The summed E-state index contributed by atoms with van der Waals surface area (Å²) in [6.45, 7) is 1.07. The van der Waals surface area contributed by atoms with Crippen molar-refractivity contribution in [1.29, 1.82) is 0 Å². The molecule has 1 fully saturated rings. The fourth-order valence-corrected chi connectivity index (χ4v) is 4.76. The average Bonchev–Trinajstić information content (AvgIpc) is 3.29. The van der Waals surface area contributed by atoms with Gasteiger partial charge in [0, 0.05) is 29.6 Å². The highest BCUT2D eigenvalue weighted by Crippen LogP contribution is 2.39. The van der Waals surface area contributed by atoms with Crippen LogP contribution in [0.15, 0.2) is 48.7 Å². The zero-order valence-corrected chi connectivity index (χ0v) is 19.8. The smallest absolute Gasteiger partial charge is 0.310 e. The average molecular weight is 501 g/mol. The van der Waals surface area contributed by atoms with Gasteiger partial charge in [0.25, 0.3) is 0 Å². The number of nitrogens with zero attached hydrogens (tertiary/aromatic N) is 2. The lowest BCUT2D eigenvalue weighted by atomic mass is 9.80. The number of hydrogen-bond acceptors (Lipinski definition) is 5. The highest BCUT2D eigenvalue weighted by atomic mass is 19.1. The first-order valence-electron chi connectivity index (χ1n) is 11.6. The highest BCUT2D eigenvalue weighted by molar-refractivity contribution is 5.84. The highest BCUT2D eigenvalue weighted by Gasteiger charge is 2.44. The van der Waals surface area contributed by atoms with Gasteiger partial charge in [0.05, 0.1) is 30.3 Å². The number of aliphatic hydroxyl groups excluding tert-OH is 1. The molecule has 2 aromatic carbocycles. The van der Waals surface area contributed by atoms with Gasteiger partial charge in [0.1, 0.15) is 23.2 Å². The fourth-order valence-electron chi connectivity index (χ4n) is 4.76. The molecule has 1 aliphatic rings. The van der Waals surface area contributed by atoms with E-state index in [-0.39, 0.29) is 30.5 Å². The van der Waals surface area contributed by atoms with Gasteiger partial charge in [-0.15, -0.1) is 0 Å². The molecular formula is C27H27F3N2O4. The summed E-state index contributed by atoms with van der Waals surface area (Å²) in [6.07, 6.45) is 3.47. The molecule has 0 radical (unpaired) electrons. The molecule has 0 bridgehead atoms. The molecule has 1 aliphatic heterocycles. The van der Waals surface area contributed by atoms with Crippen molar-refractivity contribution in [3.63, 3.8) is 0 Å². The molecule has 0 aliphatic carbocycles. The van der Waals surface area contributed by atoms with Crippen LogP contribution in [0.4, 0.5) is 13.2 Å². The van der Waals surface area contributed by atoms with Gasteiger partial charge in [0.2, 0.25) is 0 Å². The minimum absolute atomic E-state index is 0.0394. The maximum Gasteiger partial charge on any atom is 0.310 e. The van der Waals surface area contributed by atoms with Crippen molar-refractivity contribution in [2.75, 3.05) is 26.7 Å². The van der Waals surface area contributed by atoms with E-state index in [1.165, 1.54) is 13.2 Å². The third-order valence-corrected chi connectivity index (χ3v) is 6.80. The van der Waals surface area contributed by atoms with Crippen molar-refractivity contribution >= 4 is 22.9 Å². The number of carboxylic acids is 1. The summed E-state index contributed by atoms with van der Waals surface area (Å²) < 4.78 is 47.1. The number of aromatic nitrogens is 1. The van der Waals surface area contributed by atoms with Gasteiger partial charge >= 0.3 is 5.97 Å². The summed E-state index contributed by atoms with van der Waals surface area (Å²) in [5, 5.41) is 21.3. The van der Waals surface area contributed by atoms with Crippen LogP contribution in [-0.2, 0) is 4.79 Å². The van der Waals surface area contributed by atoms with Crippen molar-refractivity contribution in [3.05, 3.63) is 77.2 Å². The van der Waals surface area contributed by atoms with Crippen molar-refractivity contribution < 1.29 is 32.9 Å². The molecule has 0 saturated carbocycles. The zero-order valence-electron chi connectivity index (χ0n) is 19.8. The lowest BCUT2D eigenvalue weighted by Gasteiger charge is -2.26. The number of fused-ring (bicyclic) bond motifs is 1. The molecule has 1 aromatic heterocycles. The minimum atomic E-state index is -1.23. The maximum atomic E-state index is 14.7. The van der Waals surface area contributed by atoms with Crippen LogP contribution in [-0.4, -0.2) is 52.8 Å². The second-order valence-corrected chi connectivity index (χ2v) is 9.10. The van der Waals surface area contributed by atoms with E-state index in [4.69, 9.17) is 4.74 Å². The molecule has 36 heavy (non-hydrogen) atoms. The molecule has 3 aromatic rings. The molecular weight excluding hydrogens is 473 g/mol.